The second-order valence-corrected chi connectivity index (χ2v) is 3.50. The number of halogens is 2. The lowest BCUT2D eigenvalue weighted by molar-refractivity contribution is 0.102. The Bertz CT molecular complexity index is 582. The van der Waals surface area contributed by atoms with Crippen LogP contribution < -0.4 is 5.32 Å². The van der Waals surface area contributed by atoms with E-state index in [4.69, 9.17) is 0 Å². The van der Waals surface area contributed by atoms with Crippen molar-refractivity contribution in [3.05, 3.63) is 42.0 Å². The van der Waals surface area contributed by atoms with E-state index >= 15 is 0 Å². The summed E-state index contributed by atoms with van der Waals surface area (Å²) in [5.41, 5.74) is 0.0187. The number of nitrogens with one attached hydrogen (secondary N) is 1. The van der Waals surface area contributed by atoms with Crippen LogP contribution in [0.3, 0.4) is 0 Å². The average Bonchev–Trinajstić information content (AvgIpc) is 2.80. The minimum Gasteiger partial charge on any atom is -0.319 e. The number of aromatic nitrogens is 3. The molecule has 5 nitrogen and oxygen atoms in total. The second-order valence-electron chi connectivity index (χ2n) is 3.50. The zero-order valence-corrected chi connectivity index (χ0v) is 9.52. The van der Waals surface area contributed by atoms with Gasteiger partial charge in [0.1, 0.15) is 0 Å². The highest BCUT2D eigenvalue weighted by molar-refractivity contribution is 6.04. The van der Waals surface area contributed by atoms with Crippen LogP contribution in [0.2, 0.25) is 0 Å². The predicted molar refractivity (Wildman–Crippen MR) is 60.0 cm³/mol. The number of hydrogen-bond donors (Lipinski definition) is 1. The smallest absolute Gasteiger partial charge is 0.258 e. The van der Waals surface area contributed by atoms with E-state index < -0.39 is 23.2 Å². The van der Waals surface area contributed by atoms with E-state index in [1.807, 2.05) is 6.92 Å². The molecule has 0 bridgehead atoms. The molecule has 0 saturated heterocycles. The van der Waals surface area contributed by atoms with E-state index in [0.29, 0.717) is 12.2 Å². The first-order valence-electron chi connectivity index (χ1n) is 5.25. The van der Waals surface area contributed by atoms with E-state index in [0.717, 1.165) is 12.3 Å². The van der Waals surface area contributed by atoms with Gasteiger partial charge >= 0.3 is 0 Å². The number of pyridine rings is 1. The molecule has 0 radical (unpaired) electrons. The zero-order valence-electron chi connectivity index (χ0n) is 9.52. The van der Waals surface area contributed by atoms with Crippen LogP contribution >= 0.6 is 0 Å². The van der Waals surface area contributed by atoms with Crippen LogP contribution in [0.15, 0.2) is 24.7 Å². The first-order valence-corrected chi connectivity index (χ1v) is 5.25. The molecule has 2 aromatic rings. The molecule has 0 aliphatic carbocycles. The number of nitrogens with zero attached hydrogens (tertiary/aromatic N) is 3. The Kier molecular flexibility index (Phi) is 3.31. The maximum atomic E-state index is 13.3. The molecule has 0 fully saturated rings. The number of carbonyl (C=O) groups excluding carboxylic acids is 1. The van der Waals surface area contributed by atoms with E-state index in [-0.39, 0.29) is 0 Å². The van der Waals surface area contributed by atoms with Crippen molar-refractivity contribution in [2.45, 2.75) is 13.5 Å². The van der Waals surface area contributed by atoms with Gasteiger partial charge in [-0.15, -0.1) is 0 Å². The molecule has 0 atom stereocenters. The highest BCUT2D eigenvalue weighted by atomic mass is 19.2. The van der Waals surface area contributed by atoms with E-state index in [2.05, 4.69) is 15.4 Å². The highest BCUT2D eigenvalue weighted by Crippen LogP contribution is 2.12. The van der Waals surface area contributed by atoms with Gasteiger partial charge in [-0.25, -0.2) is 9.37 Å². The van der Waals surface area contributed by atoms with Crippen molar-refractivity contribution in [1.29, 1.82) is 0 Å². The van der Waals surface area contributed by atoms with Gasteiger partial charge in [-0.1, -0.05) is 0 Å². The summed E-state index contributed by atoms with van der Waals surface area (Å²) in [7, 11) is 0. The maximum absolute atomic E-state index is 13.3. The molecule has 0 aliphatic heterocycles. The lowest BCUT2D eigenvalue weighted by Crippen LogP contribution is -2.14. The molecule has 18 heavy (non-hydrogen) atoms. The molecule has 1 N–H and O–H groups in total. The average molecular weight is 252 g/mol. The van der Waals surface area contributed by atoms with Gasteiger partial charge in [0.15, 0.2) is 5.82 Å². The molecule has 2 heterocycles. The van der Waals surface area contributed by atoms with Gasteiger partial charge in [0.2, 0.25) is 5.95 Å². The Morgan fingerprint density at radius 2 is 2.28 bits per heavy atom. The van der Waals surface area contributed by atoms with Gasteiger partial charge in [0.05, 0.1) is 17.4 Å². The van der Waals surface area contributed by atoms with Crippen molar-refractivity contribution in [2.75, 3.05) is 5.32 Å². The fraction of sp³-hybridized carbons (Fsp3) is 0.182. The van der Waals surface area contributed by atoms with Crippen LogP contribution in [0.1, 0.15) is 17.3 Å². The SMILES string of the molecule is CCn1cc(NC(=O)c2ccnc(F)c2F)cn1. The molecule has 0 saturated carbocycles. The molecular formula is C11H10F2N4O. The van der Waals surface area contributed by atoms with Crippen LogP contribution in [0, 0.1) is 11.8 Å². The van der Waals surface area contributed by atoms with Gasteiger partial charge < -0.3 is 5.32 Å². The summed E-state index contributed by atoms with van der Waals surface area (Å²) < 4.78 is 27.8. The van der Waals surface area contributed by atoms with Crippen molar-refractivity contribution in [3.63, 3.8) is 0 Å². The van der Waals surface area contributed by atoms with Gasteiger partial charge in [0.25, 0.3) is 5.91 Å². The number of rotatable bonds is 3. The fourth-order valence-corrected chi connectivity index (χ4v) is 1.39. The van der Waals surface area contributed by atoms with E-state index in [1.54, 1.807) is 10.9 Å². The van der Waals surface area contributed by atoms with Crippen molar-refractivity contribution >= 4 is 11.6 Å². The standard InChI is InChI=1S/C11H10F2N4O/c1-2-17-6-7(5-15-17)16-11(18)8-3-4-14-10(13)9(8)12/h3-6H,2H2,1H3,(H,16,18). The highest BCUT2D eigenvalue weighted by Gasteiger charge is 2.16. The third-order valence-electron chi connectivity index (χ3n) is 2.31. The molecule has 0 spiro atoms. The summed E-state index contributed by atoms with van der Waals surface area (Å²) in [4.78, 5) is 14.8. The Hall–Kier alpha value is -2.31. The molecule has 7 heteroatoms. The second kappa shape index (κ2) is 4.91. The normalized spacial score (nSPS) is 10.4. The third-order valence-corrected chi connectivity index (χ3v) is 2.31. The van der Waals surface area contributed by atoms with E-state index in [9.17, 15) is 13.6 Å². The Morgan fingerprint density at radius 3 is 2.94 bits per heavy atom. The minimum atomic E-state index is -1.30. The van der Waals surface area contributed by atoms with Gasteiger partial charge in [-0.3, -0.25) is 9.48 Å². The van der Waals surface area contributed by atoms with Crippen LogP contribution in [0.5, 0.6) is 0 Å². The summed E-state index contributed by atoms with van der Waals surface area (Å²) in [6.45, 7) is 2.53. The molecule has 0 unspecified atom stereocenters. The number of aryl methyl sites for hydroxylation is 1. The quantitative estimate of drug-likeness (QED) is 0.848. The van der Waals surface area contributed by atoms with Gasteiger partial charge in [-0.05, 0) is 13.0 Å². The van der Waals surface area contributed by atoms with Crippen molar-refractivity contribution in [3.8, 4) is 0 Å². The molecule has 1 amide bonds. The summed E-state index contributed by atoms with van der Waals surface area (Å²) >= 11 is 0. The zero-order chi connectivity index (χ0) is 13.1. The lowest BCUT2D eigenvalue weighted by Gasteiger charge is -2.03. The van der Waals surface area contributed by atoms with E-state index in [1.165, 1.54) is 6.20 Å². The number of anilines is 1. The molecular weight excluding hydrogens is 242 g/mol. The lowest BCUT2D eigenvalue weighted by atomic mass is 10.2. The number of carbonyl (C=O) groups is 1. The van der Waals surface area contributed by atoms with Gasteiger partial charge in [0, 0.05) is 18.9 Å². The Balaban J connectivity index is 2.19. The number of hydrogen-bond acceptors (Lipinski definition) is 3. The van der Waals surface area contributed by atoms with Crippen molar-refractivity contribution in [2.24, 2.45) is 0 Å². The molecule has 0 aliphatic rings. The monoisotopic (exact) mass is 252 g/mol. The summed E-state index contributed by atoms with van der Waals surface area (Å²) in [5, 5.41) is 6.37. The fourth-order valence-electron chi connectivity index (χ4n) is 1.39. The van der Waals surface area contributed by atoms with Crippen LogP contribution in [-0.2, 0) is 6.54 Å². The summed E-state index contributed by atoms with van der Waals surface area (Å²) in [5.74, 6) is -3.31. The van der Waals surface area contributed by atoms with Crippen molar-refractivity contribution < 1.29 is 13.6 Å². The maximum Gasteiger partial charge on any atom is 0.258 e. The first-order chi connectivity index (χ1) is 8.61. The van der Waals surface area contributed by atoms with Gasteiger partial charge in [-0.2, -0.15) is 9.49 Å². The number of amides is 1. The Labute approximate surface area is 101 Å². The predicted octanol–water partition coefficient (Wildman–Crippen LogP) is 1.83. The molecule has 94 valence electrons. The third kappa shape index (κ3) is 2.34. The first kappa shape index (κ1) is 12.2. The molecule has 2 aromatic heterocycles. The van der Waals surface area contributed by atoms with Crippen LogP contribution in [-0.4, -0.2) is 20.7 Å². The van der Waals surface area contributed by atoms with Crippen LogP contribution in [0.25, 0.3) is 0 Å². The summed E-state index contributed by atoms with van der Waals surface area (Å²) in [6, 6.07) is 1.11. The topological polar surface area (TPSA) is 59.8 Å². The molecule has 0 aromatic carbocycles. The summed E-state index contributed by atoms with van der Waals surface area (Å²) in [6.07, 6.45) is 4.05. The molecule has 2 rings (SSSR count). The largest absolute Gasteiger partial charge is 0.319 e. The van der Waals surface area contributed by atoms with Crippen molar-refractivity contribution in [1.82, 2.24) is 14.8 Å². The Morgan fingerprint density at radius 1 is 1.50 bits per heavy atom. The minimum absolute atomic E-state index is 0.397. The van der Waals surface area contributed by atoms with Crippen LogP contribution in [0.4, 0.5) is 14.5 Å².